The second kappa shape index (κ2) is 10.9. The molecule has 3 atom stereocenters. The first kappa shape index (κ1) is 26.2. The number of thiocarbonyl (C=S) groups is 1. The van der Waals surface area contributed by atoms with Crippen molar-refractivity contribution in [1.29, 1.82) is 0 Å². The third-order valence-electron chi connectivity index (χ3n) is 7.49. The van der Waals surface area contributed by atoms with Crippen LogP contribution in [0.2, 0.25) is 0 Å². The van der Waals surface area contributed by atoms with E-state index >= 15 is 0 Å². The molecule has 2 aliphatic rings. The number of benzene rings is 3. The molecule has 1 saturated carbocycles. The maximum absolute atomic E-state index is 14.1. The van der Waals surface area contributed by atoms with Crippen LogP contribution in [-0.4, -0.2) is 32.9 Å². The van der Waals surface area contributed by atoms with Crippen LogP contribution in [0.15, 0.2) is 83.9 Å². The quantitative estimate of drug-likeness (QED) is 0.152. The zero-order valence-corrected chi connectivity index (χ0v) is 22.7. The Balaban J connectivity index is 1.38. The van der Waals surface area contributed by atoms with Gasteiger partial charge < -0.3 is 4.90 Å². The molecule has 0 amide bonds. The summed E-state index contributed by atoms with van der Waals surface area (Å²) in [7, 11) is 0. The Labute approximate surface area is 235 Å². The molecule has 200 valence electrons. The van der Waals surface area contributed by atoms with E-state index in [1.165, 1.54) is 23.9 Å². The van der Waals surface area contributed by atoms with Crippen LogP contribution in [0.3, 0.4) is 0 Å². The number of hydrogen-bond acceptors (Lipinski definition) is 5. The fourth-order valence-electron chi connectivity index (χ4n) is 5.64. The van der Waals surface area contributed by atoms with Crippen LogP contribution in [0.4, 0.5) is 18.9 Å². The fraction of sp³-hybridized carbons (Fsp3) is 0.300. The van der Waals surface area contributed by atoms with E-state index in [0.717, 1.165) is 53.2 Å². The molecule has 3 unspecified atom stereocenters. The van der Waals surface area contributed by atoms with E-state index in [0.29, 0.717) is 16.6 Å². The average Bonchev–Trinajstić information content (AvgIpc) is 2.96. The minimum atomic E-state index is -4.49. The number of anilines is 1. The highest BCUT2D eigenvalue weighted by molar-refractivity contribution is 7.99. The summed E-state index contributed by atoms with van der Waals surface area (Å²) in [6.07, 6.45) is -0.924. The first-order valence-electron chi connectivity index (χ1n) is 13.1. The van der Waals surface area contributed by atoms with Crippen LogP contribution >= 0.6 is 24.0 Å². The lowest BCUT2D eigenvalue weighted by atomic mass is 9.82. The van der Waals surface area contributed by atoms with Crippen LogP contribution in [0.25, 0.3) is 22.3 Å². The van der Waals surface area contributed by atoms with Gasteiger partial charge in [-0.05, 0) is 31.0 Å². The number of halogens is 3. The summed E-state index contributed by atoms with van der Waals surface area (Å²) >= 11 is 7.47. The van der Waals surface area contributed by atoms with Gasteiger partial charge in [0.25, 0.3) is 0 Å². The Morgan fingerprint density at radius 1 is 0.897 bits per heavy atom. The van der Waals surface area contributed by atoms with Gasteiger partial charge in [-0.1, -0.05) is 85.7 Å². The van der Waals surface area contributed by atoms with Gasteiger partial charge in [-0.2, -0.15) is 13.2 Å². The second-order valence-corrected chi connectivity index (χ2v) is 11.4. The summed E-state index contributed by atoms with van der Waals surface area (Å²) in [5, 5.41) is 5.39. The topological polar surface area (TPSA) is 41.0 Å². The Morgan fingerprint density at radius 2 is 1.62 bits per heavy atom. The van der Waals surface area contributed by atoms with E-state index in [-0.39, 0.29) is 17.6 Å². The van der Waals surface area contributed by atoms with Crippen LogP contribution in [0.5, 0.6) is 0 Å². The molecule has 9 heteroatoms. The molecule has 2 fully saturated rings. The molecule has 0 spiro atoms. The van der Waals surface area contributed by atoms with Crippen LogP contribution < -0.4 is 10.2 Å². The number of nitrogens with zero attached hydrogens (tertiary/aromatic N) is 3. The molecule has 4 aromatic rings. The molecule has 0 bridgehead atoms. The van der Waals surface area contributed by atoms with E-state index in [2.05, 4.69) is 5.32 Å². The molecule has 6 rings (SSSR count). The number of fused-ring (bicyclic) bond motifs is 2. The molecule has 1 aliphatic carbocycles. The number of para-hydroxylation sites is 2. The van der Waals surface area contributed by atoms with Gasteiger partial charge >= 0.3 is 6.18 Å². The molecule has 4 nitrogen and oxygen atoms in total. The molecule has 3 aromatic carbocycles. The van der Waals surface area contributed by atoms with Gasteiger partial charge in [-0.3, -0.25) is 5.32 Å². The number of hydrogen-bond donors (Lipinski definition) is 1. The van der Waals surface area contributed by atoms with E-state index in [9.17, 15) is 13.2 Å². The first-order valence-corrected chi connectivity index (χ1v) is 14.5. The highest BCUT2D eigenvalue weighted by Gasteiger charge is 2.43. The van der Waals surface area contributed by atoms with Gasteiger partial charge in [0.1, 0.15) is 5.03 Å². The monoisotopic (exact) mass is 564 g/mol. The summed E-state index contributed by atoms with van der Waals surface area (Å²) in [6, 6.07) is 23.5. The lowest BCUT2D eigenvalue weighted by Crippen LogP contribution is -2.64. The van der Waals surface area contributed by atoms with E-state index in [1.807, 2.05) is 54.6 Å². The molecule has 2 heterocycles. The van der Waals surface area contributed by atoms with Gasteiger partial charge in [0.2, 0.25) is 0 Å². The van der Waals surface area contributed by atoms with E-state index in [1.54, 1.807) is 11.0 Å². The van der Waals surface area contributed by atoms with E-state index in [4.69, 9.17) is 22.2 Å². The zero-order chi connectivity index (χ0) is 27.0. The average molecular weight is 565 g/mol. The Morgan fingerprint density at radius 3 is 2.44 bits per heavy atom. The van der Waals surface area contributed by atoms with Crippen molar-refractivity contribution in [3.63, 3.8) is 0 Å². The van der Waals surface area contributed by atoms with Crippen molar-refractivity contribution < 1.29 is 13.2 Å². The number of thioether (sulfide) groups is 1. The van der Waals surface area contributed by atoms with Crippen molar-refractivity contribution in [1.82, 2.24) is 15.3 Å². The standard InChI is InChI=1S/C30H27F3N4S2/c31-30(32,33)22-14-6-9-17-25(22)37-26(34-24-16-8-5-13-21(24)29(37)38)18-39-28-20-12-4-7-15-23(20)35-27(36-28)19-10-2-1-3-11-19/h1-4,6-7,9-12,14-15,17,21,24,26,34H,5,8,13,16,18H2. The van der Waals surface area contributed by atoms with Crippen molar-refractivity contribution >= 4 is 45.6 Å². The second-order valence-electron chi connectivity index (χ2n) is 9.95. The highest BCUT2D eigenvalue weighted by Crippen LogP contribution is 2.41. The maximum Gasteiger partial charge on any atom is 0.418 e. The van der Waals surface area contributed by atoms with Crippen molar-refractivity contribution in [2.24, 2.45) is 5.92 Å². The lowest BCUT2D eigenvalue weighted by Gasteiger charge is -2.48. The lowest BCUT2D eigenvalue weighted by molar-refractivity contribution is -0.137. The zero-order valence-electron chi connectivity index (χ0n) is 21.1. The number of aromatic nitrogens is 2. The van der Waals surface area contributed by atoms with Gasteiger partial charge in [-0.15, -0.1) is 11.8 Å². The largest absolute Gasteiger partial charge is 0.418 e. The Bertz CT molecular complexity index is 1490. The number of nitrogens with one attached hydrogen (secondary N) is 1. The minimum Gasteiger partial charge on any atom is -0.318 e. The fourth-order valence-corrected chi connectivity index (χ4v) is 7.19. The molecule has 1 aliphatic heterocycles. The third-order valence-corrected chi connectivity index (χ3v) is 9.05. The smallest absolute Gasteiger partial charge is 0.318 e. The first-order chi connectivity index (χ1) is 18.9. The molecule has 39 heavy (non-hydrogen) atoms. The Kier molecular flexibility index (Phi) is 7.31. The molecule has 1 aromatic heterocycles. The molecular weight excluding hydrogens is 537 g/mol. The summed E-state index contributed by atoms with van der Waals surface area (Å²) in [5.74, 6) is 1.13. The molecule has 1 saturated heterocycles. The van der Waals surface area contributed by atoms with Crippen molar-refractivity contribution in [2.75, 3.05) is 10.7 Å². The summed E-state index contributed by atoms with van der Waals surface area (Å²) in [6.45, 7) is 0. The predicted molar refractivity (Wildman–Crippen MR) is 155 cm³/mol. The molecular formula is C30H27F3N4S2. The van der Waals surface area contributed by atoms with Gasteiger partial charge in [0, 0.05) is 28.7 Å². The minimum absolute atomic E-state index is 0.0425. The van der Waals surface area contributed by atoms with E-state index < -0.39 is 17.9 Å². The Hall–Kier alpha value is -3.01. The summed E-state index contributed by atoms with van der Waals surface area (Å²) < 4.78 is 42.3. The summed E-state index contributed by atoms with van der Waals surface area (Å²) in [5.41, 5.74) is 1.17. The summed E-state index contributed by atoms with van der Waals surface area (Å²) in [4.78, 5) is 12.0. The highest BCUT2D eigenvalue weighted by atomic mass is 32.2. The van der Waals surface area contributed by atoms with Crippen LogP contribution in [0.1, 0.15) is 31.2 Å². The van der Waals surface area contributed by atoms with Crippen molar-refractivity contribution in [2.45, 2.75) is 49.1 Å². The van der Waals surface area contributed by atoms with Crippen LogP contribution in [0, 0.1) is 5.92 Å². The van der Waals surface area contributed by atoms with Crippen LogP contribution in [-0.2, 0) is 6.18 Å². The normalized spacial score (nSPS) is 21.7. The predicted octanol–water partition coefficient (Wildman–Crippen LogP) is 7.73. The maximum atomic E-state index is 14.1. The van der Waals surface area contributed by atoms with Gasteiger partial charge in [-0.25, -0.2) is 9.97 Å². The third kappa shape index (κ3) is 5.27. The van der Waals surface area contributed by atoms with Gasteiger partial charge in [0.15, 0.2) is 5.82 Å². The van der Waals surface area contributed by atoms with Gasteiger partial charge in [0.05, 0.1) is 27.9 Å². The molecule has 1 N–H and O–H groups in total. The molecule has 0 radical (unpaired) electrons. The number of rotatable bonds is 5. The SMILES string of the molecule is FC(F)(F)c1ccccc1N1C(=S)C2CCCCC2NC1CSc1nc(-c2ccccc2)nc2ccccc12. The van der Waals surface area contributed by atoms with Crippen molar-refractivity contribution in [3.05, 3.63) is 84.4 Å². The van der Waals surface area contributed by atoms with Crippen molar-refractivity contribution in [3.8, 4) is 11.4 Å². The number of alkyl halides is 3.